The lowest BCUT2D eigenvalue weighted by Gasteiger charge is -2.18. The Labute approximate surface area is 501 Å². The molecule has 0 fully saturated rings. The summed E-state index contributed by atoms with van der Waals surface area (Å²) in [6, 6.07) is 0. The molecule has 0 amide bonds. The number of carbonyl (C=O) groups is 3. The van der Waals surface area contributed by atoms with Crippen molar-refractivity contribution in [3.05, 3.63) is 109 Å². The van der Waals surface area contributed by atoms with Gasteiger partial charge in [0.15, 0.2) is 6.10 Å². The van der Waals surface area contributed by atoms with Gasteiger partial charge < -0.3 is 14.2 Å². The van der Waals surface area contributed by atoms with E-state index in [0.717, 1.165) is 122 Å². The van der Waals surface area contributed by atoms with Crippen LogP contribution in [0.1, 0.15) is 329 Å². The summed E-state index contributed by atoms with van der Waals surface area (Å²) in [6.07, 6.45) is 94.0. The van der Waals surface area contributed by atoms with Crippen LogP contribution in [0.25, 0.3) is 0 Å². The van der Waals surface area contributed by atoms with E-state index in [2.05, 4.69) is 130 Å². The standard InChI is InChI=1S/C75H128O6/c1-4-7-10-13-16-19-22-24-26-28-30-32-34-35-36-37-38-39-40-41-42-44-45-47-49-51-53-56-59-62-65-68-74(77)80-71-72(70-79-73(76)67-64-61-58-55-21-18-15-12-9-6-3)81-75(78)69-66-63-60-57-54-52-50-48-46-43-33-31-29-27-25-23-20-17-14-11-8-5-2/h7,10,16,19,24,26,30,32,35-36,38-39,41-42,45,47,51,53,72H,4-6,8-9,11-15,17-18,20-23,25,27-29,31,33-34,37,40,43-44,46,48-50,52,54-71H2,1-3H3/b10-7-,19-16-,26-24-,32-30-,36-35-,39-38-,42-41-,47-45-,53-51-. The summed E-state index contributed by atoms with van der Waals surface area (Å²) in [4.78, 5) is 38.3. The highest BCUT2D eigenvalue weighted by Gasteiger charge is 2.19. The van der Waals surface area contributed by atoms with Gasteiger partial charge in [0.2, 0.25) is 0 Å². The van der Waals surface area contributed by atoms with Gasteiger partial charge in [-0.15, -0.1) is 0 Å². The van der Waals surface area contributed by atoms with Crippen molar-refractivity contribution in [1.29, 1.82) is 0 Å². The Morgan fingerprint density at radius 2 is 0.481 bits per heavy atom. The van der Waals surface area contributed by atoms with Crippen LogP contribution < -0.4 is 0 Å². The lowest BCUT2D eigenvalue weighted by Crippen LogP contribution is -2.30. The maximum Gasteiger partial charge on any atom is 0.306 e. The first kappa shape index (κ1) is 77.1. The molecule has 0 rings (SSSR count). The van der Waals surface area contributed by atoms with Crippen molar-refractivity contribution in [2.24, 2.45) is 0 Å². The van der Waals surface area contributed by atoms with Crippen molar-refractivity contribution < 1.29 is 28.6 Å². The summed E-state index contributed by atoms with van der Waals surface area (Å²) >= 11 is 0. The van der Waals surface area contributed by atoms with Crippen LogP contribution in [0.5, 0.6) is 0 Å². The van der Waals surface area contributed by atoms with Crippen LogP contribution in [-0.2, 0) is 28.6 Å². The molecule has 0 aliphatic heterocycles. The van der Waals surface area contributed by atoms with E-state index in [1.54, 1.807) is 0 Å². The molecular weight excluding hydrogens is 997 g/mol. The first-order chi connectivity index (χ1) is 40.0. The van der Waals surface area contributed by atoms with Crippen molar-refractivity contribution in [2.45, 2.75) is 335 Å². The summed E-state index contributed by atoms with van der Waals surface area (Å²) in [7, 11) is 0. The molecule has 0 saturated heterocycles. The molecule has 0 aliphatic rings. The van der Waals surface area contributed by atoms with Crippen LogP contribution in [0.3, 0.4) is 0 Å². The molecule has 0 radical (unpaired) electrons. The summed E-state index contributed by atoms with van der Waals surface area (Å²) < 4.78 is 16.9. The van der Waals surface area contributed by atoms with Crippen molar-refractivity contribution >= 4 is 17.9 Å². The number of hydrogen-bond donors (Lipinski definition) is 0. The number of rotatable bonds is 62. The van der Waals surface area contributed by atoms with Gasteiger partial charge in [-0.2, -0.15) is 0 Å². The maximum atomic E-state index is 12.9. The van der Waals surface area contributed by atoms with Crippen molar-refractivity contribution in [3.63, 3.8) is 0 Å². The highest BCUT2D eigenvalue weighted by molar-refractivity contribution is 5.71. The Hall–Kier alpha value is -3.93. The molecule has 0 aromatic heterocycles. The van der Waals surface area contributed by atoms with Gasteiger partial charge in [0.1, 0.15) is 13.2 Å². The van der Waals surface area contributed by atoms with E-state index >= 15 is 0 Å². The Bertz CT molecular complexity index is 1620. The zero-order valence-corrected chi connectivity index (χ0v) is 53.3. The van der Waals surface area contributed by atoms with Gasteiger partial charge in [0, 0.05) is 19.3 Å². The Morgan fingerprint density at radius 1 is 0.259 bits per heavy atom. The van der Waals surface area contributed by atoms with Crippen molar-refractivity contribution in [3.8, 4) is 0 Å². The molecule has 464 valence electrons. The molecule has 0 spiro atoms. The molecule has 0 N–H and O–H groups in total. The van der Waals surface area contributed by atoms with Crippen LogP contribution in [-0.4, -0.2) is 37.2 Å². The largest absolute Gasteiger partial charge is 0.462 e. The quantitative estimate of drug-likeness (QED) is 0.0261. The second-order valence-electron chi connectivity index (χ2n) is 22.7. The van der Waals surface area contributed by atoms with Gasteiger partial charge in [-0.25, -0.2) is 0 Å². The van der Waals surface area contributed by atoms with E-state index in [-0.39, 0.29) is 31.1 Å². The molecule has 0 aliphatic carbocycles. The van der Waals surface area contributed by atoms with Crippen LogP contribution in [0.2, 0.25) is 0 Å². The van der Waals surface area contributed by atoms with E-state index in [9.17, 15) is 14.4 Å². The van der Waals surface area contributed by atoms with Crippen LogP contribution in [0.15, 0.2) is 109 Å². The van der Waals surface area contributed by atoms with Gasteiger partial charge in [-0.3, -0.25) is 14.4 Å². The lowest BCUT2D eigenvalue weighted by molar-refractivity contribution is -0.167. The van der Waals surface area contributed by atoms with E-state index in [4.69, 9.17) is 14.2 Å². The third-order valence-corrected chi connectivity index (χ3v) is 14.8. The van der Waals surface area contributed by atoms with E-state index in [0.29, 0.717) is 19.3 Å². The highest BCUT2D eigenvalue weighted by atomic mass is 16.6. The second kappa shape index (κ2) is 68.6. The maximum absolute atomic E-state index is 12.9. The van der Waals surface area contributed by atoms with E-state index in [1.807, 2.05) is 0 Å². The van der Waals surface area contributed by atoms with Gasteiger partial charge >= 0.3 is 17.9 Å². The third kappa shape index (κ3) is 66.8. The lowest BCUT2D eigenvalue weighted by atomic mass is 10.0. The van der Waals surface area contributed by atoms with Gasteiger partial charge in [-0.1, -0.05) is 329 Å². The smallest absolute Gasteiger partial charge is 0.306 e. The molecule has 6 nitrogen and oxygen atoms in total. The molecule has 1 atom stereocenters. The predicted octanol–water partition coefficient (Wildman–Crippen LogP) is 23.8. The summed E-state index contributed by atoms with van der Waals surface area (Å²) in [5, 5.41) is 0. The molecule has 0 saturated carbocycles. The normalized spacial score (nSPS) is 12.8. The van der Waals surface area contributed by atoms with Gasteiger partial charge in [0.25, 0.3) is 0 Å². The van der Waals surface area contributed by atoms with Gasteiger partial charge in [0.05, 0.1) is 0 Å². The topological polar surface area (TPSA) is 78.9 Å². The number of unbranched alkanes of at least 4 members (excludes halogenated alkanes) is 33. The van der Waals surface area contributed by atoms with Crippen molar-refractivity contribution in [1.82, 2.24) is 0 Å². The summed E-state index contributed by atoms with van der Waals surface area (Å²) in [6.45, 7) is 6.52. The highest BCUT2D eigenvalue weighted by Crippen LogP contribution is 2.17. The molecule has 0 bridgehead atoms. The number of carbonyl (C=O) groups excluding carboxylic acids is 3. The number of hydrogen-bond acceptors (Lipinski definition) is 6. The fourth-order valence-electron chi connectivity index (χ4n) is 9.67. The minimum absolute atomic E-state index is 0.0851. The minimum atomic E-state index is -0.790. The van der Waals surface area contributed by atoms with Gasteiger partial charge in [-0.05, 0) is 89.9 Å². The molecule has 6 heteroatoms. The van der Waals surface area contributed by atoms with E-state index in [1.165, 1.54) is 167 Å². The van der Waals surface area contributed by atoms with Crippen LogP contribution in [0.4, 0.5) is 0 Å². The molecule has 0 aromatic rings. The zero-order chi connectivity index (χ0) is 58.5. The molecule has 1 unspecified atom stereocenters. The Morgan fingerprint density at radius 3 is 0.753 bits per heavy atom. The molecule has 81 heavy (non-hydrogen) atoms. The number of esters is 3. The number of ether oxygens (including phenoxy) is 3. The monoisotopic (exact) mass is 1120 g/mol. The summed E-state index contributed by atoms with van der Waals surface area (Å²) in [5.41, 5.74) is 0. The fraction of sp³-hybridized carbons (Fsp3) is 0.720. The average molecular weight is 1130 g/mol. The third-order valence-electron chi connectivity index (χ3n) is 14.8. The average Bonchev–Trinajstić information content (AvgIpc) is 3.47. The first-order valence-corrected chi connectivity index (χ1v) is 34.4. The van der Waals surface area contributed by atoms with Crippen molar-refractivity contribution in [2.75, 3.05) is 13.2 Å². The molecule has 0 heterocycles. The Kier molecular flexibility index (Phi) is 65.2. The first-order valence-electron chi connectivity index (χ1n) is 34.4. The number of allylic oxidation sites excluding steroid dienone is 18. The van der Waals surface area contributed by atoms with E-state index < -0.39 is 6.10 Å². The zero-order valence-electron chi connectivity index (χ0n) is 53.3. The SMILES string of the molecule is CC/C=C\C/C=C\C/C=C\C/C=C\C/C=C\C/C=C\C/C=C\C/C=C\C/C=C\CCCCCC(=O)OCC(COC(=O)CCCCCCCCCCCC)OC(=O)CCCCCCCCCCCCCCCCCCCCCCCC. The van der Waals surface area contributed by atoms with Crippen LogP contribution in [0, 0.1) is 0 Å². The predicted molar refractivity (Wildman–Crippen MR) is 353 cm³/mol. The summed E-state index contributed by atoms with van der Waals surface area (Å²) in [5.74, 6) is -0.908. The fourth-order valence-corrected chi connectivity index (χ4v) is 9.67. The minimum Gasteiger partial charge on any atom is -0.462 e. The Balaban J connectivity index is 4.29. The second-order valence-corrected chi connectivity index (χ2v) is 22.7. The molecular formula is C75H128O6. The molecule has 0 aromatic carbocycles. The van der Waals surface area contributed by atoms with Crippen LogP contribution >= 0.6 is 0 Å².